The molecule has 1 saturated heterocycles. The van der Waals surface area contributed by atoms with E-state index in [2.05, 4.69) is 9.80 Å². The molecular formula is C17H26F3N2OP. The van der Waals surface area contributed by atoms with Crippen molar-refractivity contribution in [3.05, 3.63) is 34.9 Å². The molecule has 0 aromatic heterocycles. The summed E-state index contributed by atoms with van der Waals surface area (Å²) in [7, 11) is -2.01. The van der Waals surface area contributed by atoms with E-state index in [1.54, 1.807) is 32.4 Å². The summed E-state index contributed by atoms with van der Waals surface area (Å²) in [6.07, 6.45) is -3.62. The molecule has 1 fully saturated rings. The summed E-state index contributed by atoms with van der Waals surface area (Å²) in [4.78, 5) is 4.31. The highest BCUT2D eigenvalue weighted by Gasteiger charge is 2.33. The number of hydrogen-bond donors (Lipinski definition) is 0. The van der Waals surface area contributed by atoms with Crippen molar-refractivity contribution in [3.63, 3.8) is 0 Å². The highest BCUT2D eigenvalue weighted by atomic mass is 31.2. The second-order valence-corrected chi connectivity index (χ2v) is 10.7. The molecule has 0 unspecified atom stereocenters. The van der Waals surface area contributed by atoms with Gasteiger partial charge in [0.1, 0.15) is 0 Å². The number of halogens is 3. The molecule has 1 aromatic carbocycles. The van der Waals surface area contributed by atoms with Crippen molar-refractivity contribution in [3.8, 4) is 0 Å². The lowest BCUT2D eigenvalue weighted by Gasteiger charge is -2.35. The first kappa shape index (κ1) is 19.5. The third-order valence-corrected chi connectivity index (χ3v) is 5.66. The van der Waals surface area contributed by atoms with Gasteiger partial charge in [0, 0.05) is 45.4 Å². The zero-order chi connectivity index (χ0) is 18.0. The topological polar surface area (TPSA) is 23.6 Å². The molecule has 0 atom stereocenters. The lowest BCUT2D eigenvalue weighted by molar-refractivity contribution is -0.138. The summed E-state index contributed by atoms with van der Waals surface area (Å²) in [5.41, 5.74) is 0.440. The van der Waals surface area contributed by atoms with Gasteiger partial charge in [-0.1, -0.05) is 17.7 Å². The van der Waals surface area contributed by atoms with Crippen molar-refractivity contribution in [2.75, 3.05) is 52.2 Å². The summed E-state index contributed by atoms with van der Waals surface area (Å²) < 4.78 is 51.4. The van der Waals surface area contributed by atoms with Crippen LogP contribution in [0.15, 0.2) is 18.2 Å². The van der Waals surface area contributed by atoms with E-state index in [9.17, 15) is 17.7 Å². The Morgan fingerprint density at radius 1 is 1.08 bits per heavy atom. The van der Waals surface area contributed by atoms with E-state index in [0.29, 0.717) is 23.8 Å². The van der Waals surface area contributed by atoms with E-state index >= 15 is 0 Å². The molecule has 0 saturated carbocycles. The minimum atomic E-state index is -4.31. The maximum Gasteiger partial charge on any atom is 0.416 e. The van der Waals surface area contributed by atoms with Crippen LogP contribution in [0.3, 0.4) is 0 Å². The average Bonchev–Trinajstić information content (AvgIpc) is 2.46. The van der Waals surface area contributed by atoms with Crippen LogP contribution < -0.4 is 0 Å². The number of rotatable bonds is 5. The van der Waals surface area contributed by atoms with Crippen molar-refractivity contribution in [2.24, 2.45) is 0 Å². The van der Waals surface area contributed by atoms with Crippen LogP contribution in [0.5, 0.6) is 0 Å². The first-order valence-corrected chi connectivity index (χ1v) is 11.0. The Morgan fingerprint density at radius 3 is 2.21 bits per heavy atom. The highest BCUT2D eigenvalue weighted by Crippen LogP contribution is 2.35. The standard InChI is InChI=1S/C17H26F3N2OP/c1-14-4-5-15(16(12-14)17(18,19)20)13-22-8-6-21(7-9-22)10-11-24(2,3)23/h4-5,12H,6-11,13H2,1-3H3. The molecule has 1 heterocycles. The third kappa shape index (κ3) is 5.91. The number of hydrogen-bond acceptors (Lipinski definition) is 3. The molecule has 0 N–H and O–H groups in total. The Bertz CT molecular complexity index is 604. The largest absolute Gasteiger partial charge is 0.416 e. The molecular weight excluding hydrogens is 336 g/mol. The molecule has 0 radical (unpaired) electrons. The van der Waals surface area contributed by atoms with Crippen LogP contribution in [0.4, 0.5) is 13.2 Å². The number of aryl methyl sites for hydroxylation is 1. The number of piperazine rings is 1. The molecule has 136 valence electrons. The predicted octanol–water partition coefficient (Wildman–Crippen LogP) is 3.75. The van der Waals surface area contributed by atoms with Crippen LogP contribution in [0, 0.1) is 6.92 Å². The first-order valence-electron chi connectivity index (χ1n) is 8.20. The van der Waals surface area contributed by atoms with Crippen molar-refractivity contribution in [1.82, 2.24) is 9.80 Å². The second-order valence-electron chi connectivity index (χ2n) is 7.07. The van der Waals surface area contributed by atoms with Gasteiger partial charge in [0.05, 0.1) is 12.7 Å². The Kier molecular flexibility index (Phi) is 6.16. The summed E-state index contributed by atoms with van der Waals surface area (Å²) >= 11 is 0. The van der Waals surface area contributed by atoms with E-state index in [1.807, 2.05) is 0 Å². The van der Waals surface area contributed by atoms with Crippen LogP contribution in [0.25, 0.3) is 0 Å². The average molecular weight is 362 g/mol. The maximum absolute atomic E-state index is 13.2. The Hall–Kier alpha value is -0.840. The van der Waals surface area contributed by atoms with E-state index in [0.717, 1.165) is 32.7 Å². The van der Waals surface area contributed by atoms with Crippen LogP contribution in [0.1, 0.15) is 16.7 Å². The van der Waals surface area contributed by atoms with Gasteiger partial charge in [-0.2, -0.15) is 13.2 Å². The molecule has 1 aliphatic heterocycles. The fraction of sp³-hybridized carbons (Fsp3) is 0.647. The monoisotopic (exact) mass is 362 g/mol. The Morgan fingerprint density at radius 2 is 1.67 bits per heavy atom. The van der Waals surface area contributed by atoms with Crippen molar-refractivity contribution in [1.29, 1.82) is 0 Å². The number of nitrogens with zero attached hydrogens (tertiary/aromatic N) is 2. The summed E-state index contributed by atoms with van der Waals surface area (Å²) in [5, 5.41) is 0. The molecule has 0 amide bonds. The fourth-order valence-corrected chi connectivity index (χ4v) is 3.65. The predicted molar refractivity (Wildman–Crippen MR) is 92.2 cm³/mol. The normalized spacial score (nSPS) is 18.1. The quantitative estimate of drug-likeness (QED) is 0.746. The molecule has 7 heteroatoms. The van der Waals surface area contributed by atoms with Crippen LogP contribution in [-0.2, 0) is 17.3 Å². The smallest absolute Gasteiger partial charge is 0.324 e. The van der Waals surface area contributed by atoms with Gasteiger partial charge >= 0.3 is 6.18 Å². The van der Waals surface area contributed by atoms with Gasteiger partial charge < -0.3 is 9.46 Å². The van der Waals surface area contributed by atoms with Crippen LogP contribution in [-0.4, -0.2) is 62.0 Å². The molecule has 24 heavy (non-hydrogen) atoms. The first-order chi connectivity index (χ1) is 11.0. The van der Waals surface area contributed by atoms with Crippen LogP contribution >= 0.6 is 7.14 Å². The van der Waals surface area contributed by atoms with Gasteiger partial charge in [0.25, 0.3) is 0 Å². The highest BCUT2D eigenvalue weighted by molar-refractivity contribution is 7.62. The molecule has 0 bridgehead atoms. The summed E-state index contributed by atoms with van der Waals surface area (Å²) in [6, 6.07) is 4.56. The van der Waals surface area contributed by atoms with Crippen LogP contribution in [0.2, 0.25) is 0 Å². The molecule has 3 nitrogen and oxygen atoms in total. The molecule has 1 aromatic rings. The van der Waals surface area contributed by atoms with Crippen molar-refractivity contribution < 1.29 is 17.7 Å². The number of alkyl halides is 3. The van der Waals surface area contributed by atoms with Gasteiger partial charge in [0.15, 0.2) is 0 Å². The van der Waals surface area contributed by atoms with E-state index in [1.165, 1.54) is 6.07 Å². The molecule has 1 aliphatic rings. The third-order valence-electron chi connectivity index (χ3n) is 4.38. The molecule has 2 rings (SSSR count). The maximum atomic E-state index is 13.2. The van der Waals surface area contributed by atoms with Gasteiger partial charge in [-0.15, -0.1) is 0 Å². The second kappa shape index (κ2) is 7.59. The van der Waals surface area contributed by atoms with E-state index in [4.69, 9.17) is 0 Å². The lowest BCUT2D eigenvalue weighted by atomic mass is 10.0. The van der Waals surface area contributed by atoms with E-state index in [-0.39, 0.29) is 0 Å². The fourth-order valence-electron chi connectivity index (χ4n) is 2.89. The molecule has 0 aliphatic carbocycles. The zero-order valence-corrected chi connectivity index (χ0v) is 15.5. The van der Waals surface area contributed by atoms with Gasteiger partial charge in [0.2, 0.25) is 0 Å². The van der Waals surface area contributed by atoms with Crippen molar-refractivity contribution >= 4 is 7.14 Å². The van der Waals surface area contributed by atoms with Gasteiger partial charge in [-0.3, -0.25) is 4.90 Å². The molecule has 0 spiro atoms. The lowest BCUT2D eigenvalue weighted by Crippen LogP contribution is -2.46. The summed E-state index contributed by atoms with van der Waals surface area (Å²) in [5.74, 6) is 0. The SMILES string of the molecule is Cc1ccc(CN2CCN(CCP(C)(C)=O)CC2)c(C(F)(F)F)c1. The van der Waals surface area contributed by atoms with Crippen molar-refractivity contribution in [2.45, 2.75) is 19.6 Å². The Balaban J connectivity index is 1.94. The zero-order valence-electron chi connectivity index (χ0n) is 14.6. The summed E-state index contributed by atoms with van der Waals surface area (Å²) in [6.45, 7) is 9.49. The Labute approximate surface area is 142 Å². The minimum absolute atomic E-state index is 0.322. The number of benzene rings is 1. The van der Waals surface area contributed by atoms with Gasteiger partial charge in [-0.25, -0.2) is 0 Å². The minimum Gasteiger partial charge on any atom is -0.324 e. The van der Waals surface area contributed by atoms with E-state index < -0.39 is 18.9 Å². The van der Waals surface area contributed by atoms with Gasteiger partial charge in [-0.05, 0) is 31.9 Å².